The molecule has 20 heavy (non-hydrogen) atoms. The summed E-state index contributed by atoms with van der Waals surface area (Å²) in [7, 11) is 3.21. The van der Waals surface area contributed by atoms with Crippen molar-refractivity contribution in [3.63, 3.8) is 0 Å². The molecular formula is C15H15N3O2. The van der Waals surface area contributed by atoms with E-state index < -0.39 is 0 Å². The topological polar surface area (TPSA) is 68.0 Å². The second kappa shape index (κ2) is 6.02. The van der Waals surface area contributed by atoms with E-state index in [1.807, 2.05) is 25.1 Å². The van der Waals surface area contributed by atoms with E-state index in [0.717, 1.165) is 17.0 Å². The summed E-state index contributed by atoms with van der Waals surface area (Å²) in [6.07, 6.45) is 0.188. The van der Waals surface area contributed by atoms with Gasteiger partial charge in [-0.2, -0.15) is 5.26 Å². The van der Waals surface area contributed by atoms with Crippen molar-refractivity contribution in [2.75, 3.05) is 14.2 Å². The first-order valence-electron chi connectivity index (χ1n) is 6.12. The minimum atomic E-state index is 0.188. The van der Waals surface area contributed by atoms with Gasteiger partial charge in [-0.25, -0.2) is 9.97 Å². The van der Waals surface area contributed by atoms with Gasteiger partial charge in [0, 0.05) is 17.3 Å². The lowest BCUT2D eigenvalue weighted by Crippen LogP contribution is -1.99. The molecule has 1 aromatic heterocycles. The first kappa shape index (κ1) is 13.8. The molecule has 0 saturated heterocycles. The molecule has 0 aliphatic rings. The molecule has 0 saturated carbocycles. The third-order valence-electron chi connectivity index (χ3n) is 2.82. The van der Waals surface area contributed by atoms with Crippen molar-refractivity contribution >= 4 is 0 Å². The molecule has 0 unspecified atom stereocenters. The molecule has 2 rings (SSSR count). The van der Waals surface area contributed by atoms with Gasteiger partial charge in [0.2, 0.25) is 0 Å². The molecule has 0 N–H and O–H groups in total. The fourth-order valence-electron chi connectivity index (χ4n) is 1.93. The summed E-state index contributed by atoms with van der Waals surface area (Å²) < 4.78 is 10.6. The maximum absolute atomic E-state index is 8.77. The highest BCUT2D eigenvalue weighted by molar-refractivity contribution is 5.68. The fourth-order valence-corrected chi connectivity index (χ4v) is 1.93. The summed E-state index contributed by atoms with van der Waals surface area (Å²) in [6.45, 7) is 1.88. The monoisotopic (exact) mass is 269 g/mol. The van der Waals surface area contributed by atoms with Crippen molar-refractivity contribution in [2.45, 2.75) is 13.3 Å². The van der Waals surface area contributed by atoms with Crippen molar-refractivity contribution in [2.24, 2.45) is 0 Å². The van der Waals surface area contributed by atoms with Crippen LogP contribution in [-0.4, -0.2) is 24.2 Å². The van der Waals surface area contributed by atoms with E-state index in [0.29, 0.717) is 17.3 Å². The Bertz CT molecular complexity index is 663. The summed E-state index contributed by atoms with van der Waals surface area (Å²) in [5, 5.41) is 8.77. The van der Waals surface area contributed by atoms with E-state index >= 15 is 0 Å². The number of nitriles is 1. The third-order valence-corrected chi connectivity index (χ3v) is 2.82. The number of hydrogen-bond acceptors (Lipinski definition) is 5. The van der Waals surface area contributed by atoms with Crippen molar-refractivity contribution in [3.05, 3.63) is 35.8 Å². The van der Waals surface area contributed by atoms with Crippen LogP contribution in [0.5, 0.6) is 11.5 Å². The maximum Gasteiger partial charge on any atom is 0.143 e. The second-order valence-corrected chi connectivity index (χ2v) is 4.21. The molecule has 0 fully saturated rings. The lowest BCUT2D eigenvalue weighted by atomic mass is 10.1. The predicted molar refractivity (Wildman–Crippen MR) is 74.6 cm³/mol. The van der Waals surface area contributed by atoms with E-state index in [-0.39, 0.29) is 6.42 Å². The van der Waals surface area contributed by atoms with Crippen LogP contribution in [0, 0.1) is 18.3 Å². The SMILES string of the molecule is COc1ccc(-c2cc(C)nc(CC#N)n2)c(OC)c1. The number of benzene rings is 1. The van der Waals surface area contributed by atoms with Crippen LogP contribution in [0.15, 0.2) is 24.3 Å². The molecule has 0 atom stereocenters. The van der Waals surface area contributed by atoms with Gasteiger partial charge in [-0.15, -0.1) is 0 Å². The van der Waals surface area contributed by atoms with E-state index in [2.05, 4.69) is 16.0 Å². The lowest BCUT2D eigenvalue weighted by molar-refractivity contribution is 0.395. The average molecular weight is 269 g/mol. The number of aromatic nitrogens is 2. The van der Waals surface area contributed by atoms with Crippen LogP contribution >= 0.6 is 0 Å². The highest BCUT2D eigenvalue weighted by atomic mass is 16.5. The van der Waals surface area contributed by atoms with Crippen LogP contribution in [0.4, 0.5) is 0 Å². The van der Waals surface area contributed by atoms with E-state index in [1.165, 1.54) is 0 Å². The minimum Gasteiger partial charge on any atom is -0.497 e. The minimum absolute atomic E-state index is 0.188. The summed E-state index contributed by atoms with van der Waals surface area (Å²) in [5.41, 5.74) is 2.40. The Labute approximate surface area is 117 Å². The number of nitrogens with zero attached hydrogens (tertiary/aromatic N) is 3. The molecular weight excluding hydrogens is 254 g/mol. The molecule has 0 aliphatic heterocycles. The molecule has 1 heterocycles. The Morgan fingerprint density at radius 1 is 1.15 bits per heavy atom. The standard InChI is InChI=1S/C15H15N3O2/c1-10-8-13(18-15(17-10)6-7-16)12-5-4-11(19-2)9-14(12)20-3/h4-5,8-9H,6H2,1-3H3. The molecule has 0 bridgehead atoms. The van der Waals surface area contributed by atoms with Gasteiger partial charge in [-0.05, 0) is 25.1 Å². The van der Waals surface area contributed by atoms with Crippen LogP contribution in [0.1, 0.15) is 11.5 Å². The number of aryl methyl sites for hydroxylation is 1. The Morgan fingerprint density at radius 3 is 2.60 bits per heavy atom. The third kappa shape index (κ3) is 2.86. The lowest BCUT2D eigenvalue weighted by Gasteiger charge is -2.11. The van der Waals surface area contributed by atoms with Gasteiger partial charge < -0.3 is 9.47 Å². The van der Waals surface area contributed by atoms with Gasteiger partial charge in [0.15, 0.2) is 0 Å². The van der Waals surface area contributed by atoms with Gasteiger partial charge in [-0.3, -0.25) is 0 Å². The largest absolute Gasteiger partial charge is 0.497 e. The van der Waals surface area contributed by atoms with Gasteiger partial charge in [-0.1, -0.05) is 0 Å². The molecule has 2 aromatic rings. The molecule has 102 valence electrons. The van der Waals surface area contributed by atoms with Crippen molar-refractivity contribution in [1.82, 2.24) is 9.97 Å². The number of methoxy groups -OCH3 is 2. The molecule has 0 aliphatic carbocycles. The number of rotatable bonds is 4. The summed E-state index contributed by atoms with van der Waals surface area (Å²) >= 11 is 0. The molecule has 0 spiro atoms. The highest BCUT2D eigenvalue weighted by Crippen LogP contribution is 2.32. The zero-order valence-electron chi connectivity index (χ0n) is 11.7. The van der Waals surface area contributed by atoms with Crippen LogP contribution in [0.3, 0.4) is 0 Å². The normalized spacial score (nSPS) is 9.90. The zero-order valence-corrected chi connectivity index (χ0v) is 11.7. The molecule has 1 aromatic carbocycles. The van der Waals surface area contributed by atoms with Crippen LogP contribution in [0.25, 0.3) is 11.3 Å². The molecule has 5 heteroatoms. The van der Waals surface area contributed by atoms with Gasteiger partial charge in [0.05, 0.1) is 32.4 Å². The average Bonchev–Trinajstić information content (AvgIpc) is 2.46. The smallest absolute Gasteiger partial charge is 0.143 e. The van der Waals surface area contributed by atoms with E-state index in [9.17, 15) is 0 Å². The Morgan fingerprint density at radius 2 is 1.95 bits per heavy atom. The van der Waals surface area contributed by atoms with Crippen LogP contribution < -0.4 is 9.47 Å². The summed E-state index contributed by atoms with van der Waals surface area (Å²) in [4.78, 5) is 8.64. The Balaban J connectivity index is 2.53. The van der Waals surface area contributed by atoms with Crippen LogP contribution in [-0.2, 0) is 6.42 Å². The van der Waals surface area contributed by atoms with Crippen molar-refractivity contribution < 1.29 is 9.47 Å². The van der Waals surface area contributed by atoms with Crippen LogP contribution in [0.2, 0.25) is 0 Å². The number of hydrogen-bond donors (Lipinski definition) is 0. The van der Waals surface area contributed by atoms with Gasteiger partial charge >= 0.3 is 0 Å². The second-order valence-electron chi connectivity index (χ2n) is 4.21. The Kier molecular flexibility index (Phi) is 4.16. The quantitative estimate of drug-likeness (QED) is 0.853. The first-order chi connectivity index (χ1) is 9.67. The molecule has 5 nitrogen and oxygen atoms in total. The first-order valence-corrected chi connectivity index (χ1v) is 6.12. The highest BCUT2D eigenvalue weighted by Gasteiger charge is 2.11. The zero-order chi connectivity index (χ0) is 14.5. The van der Waals surface area contributed by atoms with Crippen molar-refractivity contribution in [1.29, 1.82) is 5.26 Å². The molecule has 0 amide bonds. The Hall–Kier alpha value is -2.61. The van der Waals surface area contributed by atoms with Gasteiger partial charge in [0.1, 0.15) is 17.3 Å². The fraction of sp³-hybridized carbons (Fsp3) is 0.267. The van der Waals surface area contributed by atoms with E-state index in [1.54, 1.807) is 20.3 Å². The number of ether oxygens (including phenoxy) is 2. The van der Waals surface area contributed by atoms with E-state index in [4.69, 9.17) is 14.7 Å². The summed E-state index contributed by atoms with van der Waals surface area (Å²) in [6, 6.07) is 9.46. The summed E-state index contributed by atoms with van der Waals surface area (Å²) in [5.74, 6) is 1.90. The van der Waals surface area contributed by atoms with Crippen molar-refractivity contribution in [3.8, 4) is 28.8 Å². The predicted octanol–water partition coefficient (Wildman–Crippen LogP) is 2.54. The van der Waals surface area contributed by atoms with Gasteiger partial charge in [0.25, 0.3) is 0 Å². The maximum atomic E-state index is 8.77. The molecule has 0 radical (unpaired) electrons.